The molecule has 1 atom stereocenters. The third-order valence-corrected chi connectivity index (χ3v) is 5.34. The van der Waals surface area contributed by atoms with Crippen LogP contribution in [0.25, 0.3) is 10.9 Å². The fourth-order valence-electron chi connectivity index (χ4n) is 4.09. The summed E-state index contributed by atoms with van der Waals surface area (Å²) in [6.45, 7) is 6.79. The van der Waals surface area contributed by atoms with E-state index in [0.717, 1.165) is 18.1 Å². The fourth-order valence-corrected chi connectivity index (χ4v) is 4.26. The Kier molecular flexibility index (Phi) is 4.02. The summed E-state index contributed by atoms with van der Waals surface area (Å²) in [4.78, 5) is 0. The number of rotatable bonds is 4. The lowest BCUT2D eigenvalue weighted by atomic mass is 9.72. The summed E-state index contributed by atoms with van der Waals surface area (Å²) in [5.41, 5.74) is 4.73. The molecule has 0 bridgehead atoms. The molecule has 0 aliphatic heterocycles. The minimum atomic E-state index is 0.276. The zero-order valence-electron chi connectivity index (χ0n) is 13.3. The maximum atomic E-state index is 6.25. The van der Waals surface area contributed by atoms with E-state index < -0.39 is 0 Å². The van der Waals surface area contributed by atoms with Gasteiger partial charge in [-0.1, -0.05) is 18.5 Å². The molecular formula is C18H25ClN2. The smallest absolute Gasteiger partial charge is 0.0486 e. The third-order valence-electron chi connectivity index (χ3n) is 5.10. The van der Waals surface area contributed by atoms with Gasteiger partial charge >= 0.3 is 0 Å². The number of halogens is 1. The molecule has 2 aromatic rings. The van der Waals surface area contributed by atoms with E-state index in [2.05, 4.69) is 35.9 Å². The number of hydrogen-bond acceptors (Lipinski definition) is 1. The highest BCUT2D eigenvalue weighted by Gasteiger charge is 2.36. The first kappa shape index (κ1) is 14.9. The van der Waals surface area contributed by atoms with Crippen molar-refractivity contribution in [2.75, 3.05) is 13.6 Å². The van der Waals surface area contributed by atoms with Crippen LogP contribution >= 0.6 is 11.6 Å². The van der Waals surface area contributed by atoms with Gasteiger partial charge in [0.25, 0.3) is 0 Å². The fraction of sp³-hybridized carbons (Fsp3) is 0.556. The molecule has 0 amide bonds. The van der Waals surface area contributed by atoms with Crippen molar-refractivity contribution in [1.29, 1.82) is 0 Å². The Bertz CT molecular complexity index is 659. The van der Waals surface area contributed by atoms with E-state index in [9.17, 15) is 0 Å². The van der Waals surface area contributed by atoms with Gasteiger partial charge in [-0.2, -0.15) is 0 Å². The molecule has 0 radical (unpaired) electrons. The Labute approximate surface area is 132 Å². The average molecular weight is 305 g/mol. The van der Waals surface area contributed by atoms with E-state index in [0.29, 0.717) is 0 Å². The second-order valence-electron chi connectivity index (χ2n) is 6.50. The van der Waals surface area contributed by atoms with Crippen molar-refractivity contribution in [1.82, 2.24) is 9.88 Å². The van der Waals surface area contributed by atoms with Crippen molar-refractivity contribution in [3.63, 3.8) is 0 Å². The summed E-state index contributed by atoms with van der Waals surface area (Å²) in [5, 5.41) is 5.54. The first-order valence-corrected chi connectivity index (χ1v) is 8.44. The molecule has 2 nitrogen and oxygen atoms in total. The summed E-state index contributed by atoms with van der Waals surface area (Å²) in [5.74, 6) is 0. The molecule has 3 heteroatoms. The Hall–Kier alpha value is -0.990. The number of aromatic nitrogens is 1. The predicted molar refractivity (Wildman–Crippen MR) is 91.5 cm³/mol. The van der Waals surface area contributed by atoms with Gasteiger partial charge in [-0.25, -0.2) is 0 Å². The summed E-state index contributed by atoms with van der Waals surface area (Å²) in [7, 11) is 2.04. The number of aryl methyl sites for hydroxylation is 2. The van der Waals surface area contributed by atoms with Crippen molar-refractivity contribution in [3.05, 3.63) is 34.5 Å². The molecule has 1 unspecified atom stereocenters. The molecule has 21 heavy (non-hydrogen) atoms. The highest BCUT2D eigenvalue weighted by Crippen LogP contribution is 2.44. The monoisotopic (exact) mass is 304 g/mol. The number of hydrogen-bond donors (Lipinski definition) is 1. The number of nitrogens with zero attached hydrogens (tertiary/aromatic N) is 1. The van der Waals surface area contributed by atoms with E-state index in [1.54, 1.807) is 11.3 Å². The van der Waals surface area contributed by atoms with E-state index in [4.69, 9.17) is 11.6 Å². The maximum Gasteiger partial charge on any atom is 0.0486 e. The summed E-state index contributed by atoms with van der Waals surface area (Å²) in [6.07, 6.45) is 4.95. The van der Waals surface area contributed by atoms with Gasteiger partial charge < -0.3 is 9.88 Å². The molecule has 1 aromatic heterocycles. The van der Waals surface area contributed by atoms with Crippen molar-refractivity contribution in [3.8, 4) is 0 Å². The van der Waals surface area contributed by atoms with E-state index in [1.807, 2.05) is 13.1 Å². The van der Waals surface area contributed by atoms with Crippen molar-refractivity contribution in [2.24, 2.45) is 0 Å². The van der Waals surface area contributed by atoms with Gasteiger partial charge in [-0.15, -0.1) is 0 Å². The molecule has 0 spiro atoms. The van der Waals surface area contributed by atoms with Crippen LogP contribution in [0.1, 0.15) is 44.4 Å². The van der Waals surface area contributed by atoms with Gasteiger partial charge in [0.1, 0.15) is 0 Å². The summed E-state index contributed by atoms with van der Waals surface area (Å²) < 4.78 is 2.52. The largest absolute Gasteiger partial charge is 0.344 e. The van der Waals surface area contributed by atoms with Crippen molar-refractivity contribution >= 4 is 22.5 Å². The Morgan fingerprint density at radius 3 is 2.90 bits per heavy atom. The zero-order valence-corrected chi connectivity index (χ0v) is 14.1. The lowest BCUT2D eigenvalue weighted by molar-refractivity contribution is 0.342. The highest BCUT2D eigenvalue weighted by atomic mass is 35.5. The first-order chi connectivity index (χ1) is 10.1. The molecule has 114 valence electrons. The first-order valence-electron chi connectivity index (χ1n) is 8.06. The SMILES string of the molecule is CCn1c2c(c3cc(Cl)ccc31)CCCC2(C)CCNC. The molecule has 0 fully saturated rings. The second kappa shape index (κ2) is 5.66. The summed E-state index contributed by atoms with van der Waals surface area (Å²) in [6, 6.07) is 6.37. The van der Waals surface area contributed by atoms with E-state index in [1.165, 1.54) is 36.6 Å². The van der Waals surface area contributed by atoms with E-state index >= 15 is 0 Å². The minimum absolute atomic E-state index is 0.276. The van der Waals surface area contributed by atoms with Gasteiger partial charge in [0.2, 0.25) is 0 Å². The summed E-state index contributed by atoms with van der Waals surface area (Å²) >= 11 is 6.25. The van der Waals surface area contributed by atoms with Crippen LogP contribution in [0.4, 0.5) is 0 Å². The normalized spacial score (nSPS) is 21.7. The topological polar surface area (TPSA) is 17.0 Å². The minimum Gasteiger partial charge on any atom is -0.344 e. The molecular weight excluding hydrogens is 280 g/mol. The van der Waals surface area contributed by atoms with Crippen LogP contribution in [0, 0.1) is 0 Å². The number of benzene rings is 1. The van der Waals surface area contributed by atoms with Gasteiger partial charge in [0, 0.05) is 33.6 Å². The quantitative estimate of drug-likeness (QED) is 0.879. The van der Waals surface area contributed by atoms with Gasteiger partial charge in [-0.05, 0) is 70.0 Å². The van der Waals surface area contributed by atoms with Crippen LogP contribution in [0.15, 0.2) is 18.2 Å². The average Bonchev–Trinajstić information content (AvgIpc) is 2.80. The second-order valence-corrected chi connectivity index (χ2v) is 6.94. The Morgan fingerprint density at radius 2 is 2.19 bits per heavy atom. The van der Waals surface area contributed by atoms with Crippen LogP contribution in [-0.4, -0.2) is 18.2 Å². The van der Waals surface area contributed by atoms with Gasteiger partial charge in [0.05, 0.1) is 0 Å². The van der Waals surface area contributed by atoms with Crippen molar-refractivity contribution < 1.29 is 0 Å². The Morgan fingerprint density at radius 1 is 1.38 bits per heavy atom. The molecule has 1 aromatic carbocycles. The predicted octanol–water partition coefficient (Wildman–Crippen LogP) is 4.52. The van der Waals surface area contributed by atoms with Gasteiger partial charge in [-0.3, -0.25) is 0 Å². The molecule has 1 aliphatic carbocycles. The lowest BCUT2D eigenvalue weighted by Crippen LogP contribution is -2.33. The molecule has 0 saturated heterocycles. The van der Waals surface area contributed by atoms with Crippen LogP contribution in [0.5, 0.6) is 0 Å². The zero-order chi connectivity index (χ0) is 15.0. The van der Waals surface area contributed by atoms with Crippen molar-refractivity contribution in [2.45, 2.75) is 51.5 Å². The molecule has 3 rings (SSSR count). The van der Waals surface area contributed by atoms with Crippen LogP contribution < -0.4 is 5.32 Å². The van der Waals surface area contributed by atoms with Crippen LogP contribution in [0.2, 0.25) is 5.02 Å². The molecule has 1 heterocycles. The number of nitrogens with one attached hydrogen (secondary N) is 1. The Balaban J connectivity index is 2.24. The molecule has 1 N–H and O–H groups in total. The number of fused-ring (bicyclic) bond motifs is 3. The molecule has 1 aliphatic rings. The van der Waals surface area contributed by atoms with Crippen LogP contribution in [-0.2, 0) is 18.4 Å². The maximum absolute atomic E-state index is 6.25. The van der Waals surface area contributed by atoms with Gasteiger partial charge in [0.15, 0.2) is 0 Å². The van der Waals surface area contributed by atoms with E-state index in [-0.39, 0.29) is 5.41 Å². The highest BCUT2D eigenvalue weighted by molar-refractivity contribution is 6.31. The third kappa shape index (κ3) is 2.39. The molecule has 0 saturated carbocycles. The van der Waals surface area contributed by atoms with Crippen LogP contribution in [0.3, 0.4) is 0 Å². The lowest BCUT2D eigenvalue weighted by Gasteiger charge is -2.36. The standard InChI is InChI=1S/C18H25ClN2/c1-4-21-16-8-7-13(19)12-15(16)14-6-5-9-18(2,17(14)21)10-11-20-3/h7-8,12,20H,4-6,9-11H2,1-3H3.